The summed E-state index contributed by atoms with van der Waals surface area (Å²) in [6.45, 7) is 0.707. The van der Waals surface area contributed by atoms with Crippen molar-refractivity contribution in [1.82, 2.24) is 0 Å². The largest absolute Gasteiger partial charge is 0.619 e. The first-order valence-corrected chi connectivity index (χ1v) is 7.04. The molecule has 1 aliphatic rings. The van der Waals surface area contributed by atoms with Crippen molar-refractivity contribution in [3.8, 4) is 0 Å². The molecule has 3 rings (SSSR count). The number of aromatic nitrogens is 1. The fourth-order valence-corrected chi connectivity index (χ4v) is 2.44. The van der Waals surface area contributed by atoms with Gasteiger partial charge in [-0.05, 0) is 24.6 Å². The van der Waals surface area contributed by atoms with Gasteiger partial charge in [0.2, 0.25) is 5.91 Å². The number of carbonyl (C=O) groups excluding carboxylic acids is 2. The lowest BCUT2D eigenvalue weighted by atomic mass is 10.2. The Morgan fingerprint density at radius 3 is 2.68 bits per heavy atom. The van der Waals surface area contributed by atoms with Crippen LogP contribution >= 0.6 is 0 Å². The van der Waals surface area contributed by atoms with E-state index in [0.29, 0.717) is 28.9 Å². The first-order valence-electron chi connectivity index (χ1n) is 7.04. The van der Waals surface area contributed by atoms with Gasteiger partial charge in [0.05, 0.1) is 5.56 Å². The number of nitrogens with one attached hydrogen (secondary N) is 1. The van der Waals surface area contributed by atoms with Gasteiger partial charge >= 0.3 is 0 Å². The second-order valence-corrected chi connectivity index (χ2v) is 5.10. The lowest BCUT2D eigenvalue weighted by molar-refractivity contribution is -0.605. The SMILES string of the molecule is O=C(Nc1cccc(N2CCCC2=O)c1)c1cc[n+]([O-])cc1. The molecule has 0 saturated carbocycles. The molecular formula is C16H15N3O3. The molecule has 6 nitrogen and oxygen atoms in total. The second-order valence-electron chi connectivity index (χ2n) is 5.10. The Hall–Kier alpha value is -2.89. The minimum Gasteiger partial charge on any atom is -0.619 e. The van der Waals surface area contributed by atoms with Gasteiger partial charge in [0.25, 0.3) is 5.91 Å². The summed E-state index contributed by atoms with van der Waals surface area (Å²) in [5.41, 5.74) is 1.79. The van der Waals surface area contributed by atoms with Gasteiger partial charge in [0, 0.05) is 36.5 Å². The van der Waals surface area contributed by atoms with E-state index in [9.17, 15) is 14.8 Å². The van der Waals surface area contributed by atoms with E-state index in [2.05, 4.69) is 5.32 Å². The summed E-state index contributed by atoms with van der Waals surface area (Å²) in [5, 5.41) is 13.7. The van der Waals surface area contributed by atoms with Crippen LogP contribution in [0.5, 0.6) is 0 Å². The number of nitrogens with zero attached hydrogens (tertiary/aromatic N) is 2. The summed E-state index contributed by atoms with van der Waals surface area (Å²) in [6.07, 6.45) is 3.97. The van der Waals surface area contributed by atoms with Crippen LogP contribution in [0.15, 0.2) is 48.8 Å². The number of amides is 2. The predicted molar refractivity (Wildman–Crippen MR) is 81.4 cm³/mol. The highest BCUT2D eigenvalue weighted by Crippen LogP contribution is 2.24. The van der Waals surface area contributed by atoms with E-state index in [-0.39, 0.29) is 11.8 Å². The van der Waals surface area contributed by atoms with Gasteiger partial charge in [0.1, 0.15) is 0 Å². The summed E-state index contributed by atoms with van der Waals surface area (Å²) in [6, 6.07) is 10.1. The van der Waals surface area contributed by atoms with Crippen molar-refractivity contribution in [2.24, 2.45) is 0 Å². The fraction of sp³-hybridized carbons (Fsp3) is 0.188. The molecule has 0 spiro atoms. The van der Waals surface area contributed by atoms with Crippen LogP contribution in [0.25, 0.3) is 0 Å². The number of hydrogen-bond acceptors (Lipinski definition) is 3. The summed E-state index contributed by atoms with van der Waals surface area (Å²) >= 11 is 0. The minimum absolute atomic E-state index is 0.103. The monoisotopic (exact) mass is 297 g/mol. The van der Waals surface area contributed by atoms with E-state index >= 15 is 0 Å². The van der Waals surface area contributed by atoms with Crippen molar-refractivity contribution in [3.05, 3.63) is 59.6 Å². The van der Waals surface area contributed by atoms with E-state index in [1.54, 1.807) is 23.1 Å². The molecule has 2 heterocycles. The van der Waals surface area contributed by atoms with E-state index in [0.717, 1.165) is 12.1 Å². The normalized spacial score (nSPS) is 14.2. The van der Waals surface area contributed by atoms with Gasteiger partial charge < -0.3 is 15.4 Å². The third kappa shape index (κ3) is 2.90. The van der Waals surface area contributed by atoms with Gasteiger partial charge in [-0.15, -0.1) is 0 Å². The van der Waals surface area contributed by atoms with Gasteiger partial charge in [-0.2, -0.15) is 4.73 Å². The highest BCUT2D eigenvalue weighted by molar-refractivity contribution is 6.04. The third-order valence-electron chi connectivity index (χ3n) is 3.55. The number of rotatable bonds is 3. The molecule has 1 aromatic heterocycles. The van der Waals surface area contributed by atoms with Crippen molar-refractivity contribution in [2.45, 2.75) is 12.8 Å². The summed E-state index contributed by atoms with van der Waals surface area (Å²) < 4.78 is 0.621. The molecule has 2 amide bonds. The molecule has 1 saturated heterocycles. The van der Waals surface area contributed by atoms with Crippen LogP contribution in [0.1, 0.15) is 23.2 Å². The molecule has 0 bridgehead atoms. The smallest absolute Gasteiger partial charge is 0.256 e. The average Bonchev–Trinajstić information content (AvgIpc) is 2.94. The quantitative estimate of drug-likeness (QED) is 0.692. The van der Waals surface area contributed by atoms with Crippen molar-refractivity contribution in [1.29, 1.82) is 0 Å². The number of hydrogen-bond donors (Lipinski definition) is 1. The topological polar surface area (TPSA) is 76.4 Å². The molecule has 1 N–H and O–H groups in total. The first kappa shape index (κ1) is 14.1. The maximum Gasteiger partial charge on any atom is 0.256 e. The zero-order valence-electron chi connectivity index (χ0n) is 11.9. The molecule has 1 fully saturated rings. The van der Waals surface area contributed by atoms with Crippen molar-refractivity contribution in [2.75, 3.05) is 16.8 Å². The molecule has 0 aliphatic carbocycles. The van der Waals surface area contributed by atoms with Gasteiger partial charge in [-0.25, -0.2) is 0 Å². The zero-order valence-corrected chi connectivity index (χ0v) is 11.9. The molecule has 1 aromatic carbocycles. The van der Waals surface area contributed by atoms with Crippen LogP contribution in [-0.2, 0) is 4.79 Å². The van der Waals surface area contributed by atoms with E-state index in [1.807, 2.05) is 6.07 Å². The molecular weight excluding hydrogens is 282 g/mol. The van der Waals surface area contributed by atoms with Crippen LogP contribution in [0.4, 0.5) is 11.4 Å². The third-order valence-corrected chi connectivity index (χ3v) is 3.55. The van der Waals surface area contributed by atoms with Crippen LogP contribution in [0, 0.1) is 5.21 Å². The van der Waals surface area contributed by atoms with Crippen LogP contribution in [-0.4, -0.2) is 18.4 Å². The van der Waals surface area contributed by atoms with Crippen LogP contribution in [0.3, 0.4) is 0 Å². The number of anilines is 2. The Bertz CT molecular complexity index is 713. The Morgan fingerprint density at radius 1 is 1.23 bits per heavy atom. The standard InChI is InChI=1S/C16H15N3O3/c20-15-5-2-8-19(15)14-4-1-3-13(11-14)17-16(21)12-6-9-18(22)10-7-12/h1,3-4,6-7,9-11H,2,5,8H2,(H,17,21). The van der Waals surface area contributed by atoms with Gasteiger partial charge in [-0.1, -0.05) is 6.07 Å². The second kappa shape index (κ2) is 5.85. The maximum atomic E-state index is 12.1. The Labute approximate surface area is 127 Å². The number of carbonyl (C=O) groups is 2. The molecule has 112 valence electrons. The lowest BCUT2D eigenvalue weighted by Gasteiger charge is -2.16. The van der Waals surface area contributed by atoms with Gasteiger partial charge in [-0.3, -0.25) is 9.59 Å². The Kier molecular flexibility index (Phi) is 3.74. The molecule has 22 heavy (non-hydrogen) atoms. The van der Waals surface area contributed by atoms with E-state index < -0.39 is 0 Å². The zero-order chi connectivity index (χ0) is 15.5. The summed E-state index contributed by atoms with van der Waals surface area (Å²) in [4.78, 5) is 25.6. The Balaban J connectivity index is 1.76. The molecule has 0 unspecified atom stereocenters. The number of benzene rings is 1. The molecule has 1 aliphatic heterocycles. The molecule has 0 radical (unpaired) electrons. The Morgan fingerprint density at radius 2 is 2.00 bits per heavy atom. The molecule has 0 atom stereocenters. The van der Waals surface area contributed by atoms with E-state index in [4.69, 9.17) is 0 Å². The fourth-order valence-electron chi connectivity index (χ4n) is 2.44. The van der Waals surface area contributed by atoms with Crippen LogP contribution in [0.2, 0.25) is 0 Å². The number of pyridine rings is 1. The van der Waals surface area contributed by atoms with Crippen LogP contribution < -0.4 is 14.9 Å². The van der Waals surface area contributed by atoms with Crippen molar-refractivity contribution in [3.63, 3.8) is 0 Å². The van der Waals surface area contributed by atoms with Gasteiger partial charge in [0.15, 0.2) is 12.4 Å². The molecule has 2 aromatic rings. The first-order chi connectivity index (χ1) is 10.6. The maximum absolute atomic E-state index is 12.1. The highest BCUT2D eigenvalue weighted by Gasteiger charge is 2.21. The summed E-state index contributed by atoms with van der Waals surface area (Å²) in [5.74, 6) is -0.197. The molecule has 6 heteroatoms. The van der Waals surface area contributed by atoms with Crippen molar-refractivity contribution < 1.29 is 14.3 Å². The van der Waals surface area contributed by atoms with E-state index in [1.165, 1.54) is 24.5 Å². The predicted octanol–water partition coefficient (Wildman–Crippen LogP) is 1.70. The average molecular weight is 297 g/mol. The minimum atomic E-state index is -0.300. The van der Waals surface area contributed by atoms with Crippen molar-refractivity contribution >= 4 is 23.2 Å². The summed E-state index contributed by atoms with van der Waals surface area (Å²) in [7, 11) is 0. The lowest BCUT2D eigenvalue weighted by Crippen LogP contribution is -2.25. The highest BCUT2D eigenvalue weighted by atomic mass is 16.5.